The molecule has 152 valence electrons. The molecule has 0 fully saturated rings. The van der Waals surface area contributed by atoms with Gasteiger partial charge in [-0.2, -0.15) is 5.10 Å². The highest BCUT2D eigenvalue weighted by molar-refractivity contribution is 5.92. The van der Waals surface area contributed by atoms with Crippen LogP contribution in [0.2, 0.25) is 0 Å². The number of anilines is 1. The fourth-order valence-corrected chi connectivity index (χ4v) is 3.98. The van der Waals surface area contributed by atoms with Crippen molar-refractivity contribution in [2.75, 3.05) is 5.32 Å². The maximum atomic E-state index is 12.8. The van der Waals surface area contributed by atoms with E-state index in [1.165, 1.54) is 4.68 Å². The molecule has 2 aromatic carbocycles. The third-order valence-electron chi connectivity index (χ3n) is 5.40. The van der Waals surface area contributed by atoms with E-state index in [-0.39, 0.29) is 18.1 Å². The number of rotatable bonds is 4. The molecule has 4 aromatic rings. The van der Waals surface area contributed by atoms with Crippen molar-refractivity contribution in [2.24, 2.45) is 0 Å². The van der Waals surface area contributed by atoms with E-state index < -0.39 is 0 Å². The Morgan fingerprint density at radius 2 is 1.80 bits per heavy atom. The Balaban J connectivity index is 1.45. The number of hydrogen-bond donors (Lipinski definition) is 1. The van der Waals surface area contributed by atoms with Crippen LogP contribution in [0.5, 0.6) is 0 Å². The maximum Gasteiger partial charge on any atom is 0.346 e. The number of fused-ring (bicyclic) bond motifs is 2. The molecule has 3 heterocycles. The molecule has 8 heteroatoms. The normalized spacial score (nSPS) is 13.7. The van der Waals surface area contributed by atoms with Gasteiger partial charge in [-0.05, 0) is 37.1 Å². The second kappa shape index (κ2) is 7.62. The monoisotopic (exact) mass is 402 g/mol. The highest BCUT2D eigenvalue weighted by Gasteiger charge is 2.19. The number of hydrogen-bond acceptors (Lipinski definition) is 4. The molecule has 0 aliphatic carbocycles. The quantitative estimate of drug-likeness (QED) is 0.569. The summed E-state index contributed by atoms with van der Waals surface area (Å²) in [4.78, 5) is 30.0. The second-order valence-electron chi connectivity index (χ2n) is 7.46. The number of amides is 1. The van der Waals surface area contributed by atoms with Crippen molar-refractivity contribution in [1.29, 1.82) is 0 Å². The van der Waals surface area contributed by atoms with Gasteiger partial charge in [0.25, 0.3) is 0 Å². The summed E-state index contributed by atoms with van der Waals surface area (Å²) in [5.41, 5.74) is 2.35. The molecule has 1 N–H and O–H groups in total. The van der Waals surface area contributed by atoms with Crippen molar-refractivity contribution in [3.63, 3.8) is 0 Å². The summed E-state index contributed by atoms with van der Waals surface area (Å²) in [5, 5.41) is 7.27. The average Bonchev–Trinajstić information content (AvgIpc) is 3.14. The van der Waals surface area contributed by atoms with Crippen molar-refractivity contribution < 1.29 is 4.79 Å². The van der Waals surface area contributed by atoms with Gasteiger partial charge in [0.15, 0.2) is 0 Å². The molecule has 0 atom stereocenters. The smallest absolute Gasteiger partial charge is 0.294 e. The van der Waals surface area contributed by atoms with Gasteiger partial charge in [-0.25, -0.2) is 14.5 Å². The number of nitrogens with zero attached hydrogens (tertiary/aromatic N) is 5. The molecular formula is C22H22N6O2. The van der Waals surface area contributed by atoms with Crippen LogP contribution in [-0.2, 0) is 24.3 Å². The zero-order chi connectivity index (χ0) is 20.5. The SMILES string of the molecule is O=C(Cn1nc2n(c1=O)CCCCC2)Nc1nc2ccccc2n1-c1ccccc1. The maximum absolute atomic E-state index is 12.8. The number of carbonyl (C=O) groups excluding carboxylic acids is 1. The van der Waals surface area contributed by atoms with Crippen LogP contribution in [0.25, 0.3) is 16.7 Å². The lowest BCUT2D eigenvalue weighted by Crippen LogP contribution is -2.30. The molecule has 8 nitrogen and oxygen atoms in total. The first-order valence-electron chi connectivity index (χ1n) is 10.2. The summed E-state index contributed by atoms with van der Waals surface area (Å²) >= 11 is 0. The number of imidazole rings is 1. The largest absolute Gasteiger partial charge is 0.346 e. The number of nitrogens with one attached hydrogen (secondary N) is 1. The molecule has 2 aromatic heterocycles. The number of benzene rings is 2. The van der Waals surface area contributed by atoms with Crippen LogP contribution >= 0.6 is 0 Å². The zero-order valence-corrected chi connectivity index (χ0v) is 16.5. The Hall–Kier alpha value is -3.68. The molecule has 0 unspecified atom stereocenters. The van der Waals surface area contributed by atoms with Crippen LogP contribution in [0, 0.1) is 0 Å². The van der Waals surface area contributed by atoms with E-state index in [0.29, 0.717) is 12.5 Å². The standard InChI is InChI=1S/C22H22N6O2/c29-20(15-27-22(30)26-14-8-2-5-13-19(26)25-27)24-21-23-17-11-6-7-12-18(17)28(21)16-9-3-1-4-10-16/h1,3-4,6-7,9-12H,2,5,8,13-15H2,(H,23,24,29). The van der Waals surface area contributed by atoms with Gasteiger partial charge < -0.3 is 0 Å². The van der Waals surface area contributed by atoms with Gasteiger partial charge in [0.2, 0.25) is 11.9 Å². The van der Waals surface area contributed by atoms with Crippen molar-refractivity contribution in [2.45, 2.75) is 38.8 Å². The van der Waals surface area contributed by atoms with Crippen LogP contribution in [0.4, 0.5) is 5.95 Å². The Morgan fingerprint density at radius 1 is 1.00 bits per heavy atom. The summed E-state index contributed by atoms with van der Waals surface area (Å²) < 4.78 is 4.85. The lowest BCUT2D eigenvalue weighted by atomic mass is 10.2. The third-order valence-corrected chi connectivity index (χ3v) is 5.40. The van der Waals surface area contributed by atoms with E-state index in [1.807, 2.05) is 59.2 Å². The predicted molar refractivity (Wildman–Crippen MR) is 114 cm³/mol. The molecule has 0 saturated carbocycles. The Morgan fingerprint density at radius 3 is 2.67 bits per heavy atom. The number of para-hydroxylation sites is 3. The van der Waals surface area contributed by atoms with E-state index in [2.05, 4.69) is 15.4 Å². The van der Waals surface area contributed by atoms with Crippen LogP contribution in [0.1, 0.15) is 25.1 Å². The van der Waals surface area contributed by atoms with Gasteiger partial charge in [0.05, 0.1) is 11.0 Å². The fourth-order valence-electron chi connectivity index (χ4n) is 3.98. The average molecular weight is 402 g/mol. The van der Waals surface area contributed by atoms with Crippen molar-refractivity contribution in [3.8, 4) is 5.69 Å². The van der Waals surface area contributed by atoms with Gasteiger partial charge in [-0.15, -0.1) is 0 Å². The number of aromatic nitrogens is 5. The third kappa shape index (κ3) is 3.30. The first-order valence-corrected chi connectivity index (χ1v) is 10.2. The fraction of sp³-hybridized carbons (Fsp3) is 0.273. The molecule has 0 radical (unpaired) electrons. The lowest BCUT2D eigenvalue weighted by Gasteiger charge is -2.10. The van der Waals surface area contributed by atoms with Gasteiger partial charge in [-0.1, -0.05) is 36.8 Å². The molecule has 0 saturated heterocycles. The van der Waals surface area contributed by atoms with Crippen molar-refractivity contribution in [1.82, 2.24) is 23.9 Å². The number of carbonyl (C=O) groups is 1. The summed E-state index contributed by atoms with van der Waals surface area (Å²) in [6.07, 6.45) is 3.85. The first-order chi connectivity index (χ1) is 14.7. The minimum atomic E-state index is -0.335. The minimum absolute atomic E-state index is 0.142. The van der Waals surface area contributed by atoms with E-state index >= 15 is 0 Å². The van der Waals surface area contributed by atoms with Gasteiger partial charge in [0.1, 0.15) is 12.4 Å². The molecule has 5 rings (SSSR count). The first kappa shape index (κ1) is 18.4. The van der Waals surface area contributed by atoms with Crippen LogP contribution in [0.3, 0.4) is 0 Å². The Bertz CT molecular complexity index is 1270. The predicted octanol–water partition coefficient (Wildman–Crippen LogP) is 2.75. The summed E-state index contributed by atoms with van der Waals surface area (Å²) in [6, 6.07) is 17.4. The molecule has 30 heavy (non-hydrogen) atoms. The highest BCUT2D eigenvalue weighted by atomic mass is 16.2. The summed E-state index contributed by atoms with van der Waals surface area (Å²) in [6.45, 7) is 0.524. The summed E-state index contributed by atoms with van der Waals surface area (Å²) in [5.74, 6) is 0.848. The van der Waals surface area contributed by atoms with Gasteiger partial charge >= 0.3 is 5.69 Å². The topological polar surface area (TPSA) is 86.7 Å². The van der Waals surface area contributed by atoms with Crippen LogP contribution in [-0.4, -0.2) is 29.8 Å². The lowest BCUT2D eigenvalue weighted by molar-refractivity contribution is -0.117. The van der Waals surface area contributed by atoms with E-state index in [1.54, 1.807) is 4.57 Å². The molecular weight excluding hydrogens is 380 g/mol. The Labute approximate surface area is 172 Å². The number of aryl methyl sites for hydroxylation is 1. The molecule has 1 aliphatic rings. The van der Waals surface area contributed by atoms with E-state index in [0.717, 1.165) is 48.2 Å². The van der Waals surface area contributed by atoms with Crippen molar-refractivity contribution >= 4 is 22.9 Å². The molecule has 1 amide bonds. The molecule has 0 bridgehead atoms. The van der Waals surface area contributed by atoms with Crippen LogP contribution < -0.4 is 11.0 Å². The Kier molecular flexibility index (Phi) is 4.66. The highest BCUT2D eigenvalue weighted by Crippen LogP contribution is 2.24. The zero-order valence-electron chi connectivity index (χ0n) is 16.5. The molecule has 0 spiro atoms. The summed E-state index contributed by atoms with van der Waals surface area (Å²) in [7, 11) is 0. The van der Waals surface area contributed by atoms with E-state index in [9.17, 15) is 9.59 Å². The second-order valence-corrected chi connectivity index (χ2v) is 7.46. The minimum Gasteiger partial charge on any atom is -0.294 e. The van der Waals surface area contributed by atoms with Crippen LogP contribution in [0.15, 0.2) is 59.4 Å². The molecule has 1 aliphatic heterocycles. The van der Waals surface area contributed by atoms with Gasteiger partial charge in [0, 0.05) is 18.7 Å². The van der Waals surface area contributed by atoms with Gasteiger partial charge in [-0.3, -0.25) is 19.2 Å². The van der Waals surface area contributed by atoms with Crippen molar-refractivity contribution in [3.05, 3.63) is 70.9 Å². The van der Waals surface area contributed by atoms with E-state index in [4.69, 9.17) is 0 Å².